The molecule has 0 unspecified atom stereocenters. The molecule has 0 aliphatic carbocycles. The van der Waals surface area contributed by atoms with E-state index in [1.54, 1.807) is 0 Å². The summed E-state index contributed by atoms with van der Waals surface area (Å²) < 4.78 is 21.2. The molecule has 1 N–H and O–H groups in total. The lowest BCUT2D eigenvalue weighted by atomic mass is 10.1. The maximum atomic E-state index is 10.6. The smallest absolute Gasteiger partial charge is 0.303 e. The molecule has 0 amide bonds. The van der Waals surface area contributed by atoms with E-state index in [4.69, 9.17) is 15.8 Å². The number of rotatable bonds is 11. The molecule has 6 heteroatoms. The van der Waals surface area contributed by atoms with Crippen LogP contribution in [0, 0.1) is 0 Å². The van der Waals surface area contributed by atoms with Gasteiger partial charge in [-0.05, 0) is 12.8 Å². The van der Waals surface area contributed by atoms with Crippen molar-refractivity contribution < 1.29 is 18.3 Å². The van der Waals surface area contributed by atoms with Gasteiger partial charge in [-0.2, -0.15) is 0 Å². The number of hydrogen-bond acceptors (Lipinski definition) is 3. The van der Waals surface area contributed by atoms with Crippen LogP contribution in [0.4, 0.5) is 0 Å². The SMILES string of the molecule is O=C(O)CCCCCCCCCCS(=O)(=O)Cl. The Morgan fingerprint density at radius 2 is 1.29 bits per heavy atom. The third-order valence-electron chi connectivity index (χ3n) is 2.53. The molecular formula is C11H21ClO4S. The van der Waals surface area contributed by atoms with Crippen LogP contribution in [0.1, 0.15) is 57.8 Å². The highest BCUT2D eigenvalue weighted by Crippen LogP contribution is 2.11. The standard InChI is InChI=1S/C11H21ClO4S/c12-17(15,16)10-8-6-4-2-1-3-5-7-9-11(13)14/h1-10H2,(H,13,14). The zero-order valence-electron chi connectivity index (χ0n) is 10.0. The number of carboxylic acid groups (broad SMARTS) is 1. The minimum atomic E-state index is -3.32. The topological polar surface area (TPSA) is 71.4 Å². The van der Waals surface area contributed by atoms with Crippen molar-refractivity contribution >= 4 is 25.7 Å². The van der Waals surface area contributed by atoms with E-state index < -0.39 is 15.0 Å². The average molecular weight is 285 g/mol. The van der Waals surface area contributed by atoms with Crippen molar-refractivity contribution in [3.8, 4) is 0 Å². The Kier molecular flexibility index (Phi) is 9.55. The Morgan fingerprint density at radius 3 is 1.71 bits per heavy atom. The van der Waals surface area contributed by atoms with Crippen molar-refractivity contribution in [2.75, 3.05) is 5.75 Å². The number of aliphatic carboxylic acids is 1. The number of hydrogen-bond donors (Lipinski definition) is 1. The van der Waals surface area contributed by atoms with Crippen molar-refractivity contribution in [3.05, 3.63) is 0 Å². The third-order valence-corrected chi connectivity index (χ3v) is 3.77. The highest BCUT2D eigenvalue weighted by molar-refractivity contribution is 8.13. The molecule has 0 rings (SSSR count). The second-order valence-corrected chi connectivity index (χ2v) is 7.11. The molecular weight excluding hydrogens is 264 g/mol. The number of unbranched alkanes of at least 4 members (excludes halogenated alkanes) is 7. The first-order valence-corrected chi connectivity index (χ1v) is 8.54. The quantitative estimate of drug-likeness (QED) is 0.467. The summed E-state index contributed by atoms with van der Waals surface area (Å²) >= 11 is 0. The molecule has 17 heavy (non-hydrogen) atoms. The lowest BCUT2D eigenvalue weighted by molar-refractivity contribution is -0.137. The lowest BCUT2D eigenvalue weighted by Gasteiger charge is -2.01. The van der Waals surface area contributed by atoms with Crippen molar-refractivity contribution in [2.24, 2.45) is 0 Å². The Balaban J connectivity index is 3.11. The van der Waals surface area contributed by atoms with Crippen LogP contribution in [0.25, 0.3) is 0 Å². The van der Waals surface area contributed by atoms with Crippen molar-refractivity contribution in [2.45, 2.75) is 57.8 Å². The molecule has 0 spiro atoms. The first kappa shape index (κ1) is 16.7. The van der Waals surface area contributed by atoms with Crippen LogP contribution in [-0.2, 0) is 13.8 Å². The average Bonchev–Trinajstić information content (AvgIpc) is 2.18. The minimum Gasteiger partial charge on any atom is -0.481 e. The van der Waals surface area contributed by atoms with E-state index in [-0.39, 0.29) is 12.2 Å². The van der Waals surface area contributed by atoms with Crippen LogP contribution < -0.4 is 0 Å². The van der Waals surface area contributed by atoms with Crippen LogP contribution >= 0.6 is 10.7 Å². The molecule has 0 bridgehead atoms. The van der Waals surface area contributed by atoms with Gasteiger partial charge in [-0.25, -0.2) is 8.42 Å². The summed E-state index contributed by atoms with van der Waals surface area (Å²) in [5.74, 6) is -0.667. The summed E-state index contributed by atoms with van der Waals surface area (Å²) in [4.78, 5) is 10.2. The van der Waals surface area contributed by atoms with Gasteiger partial charge in [0.1, 0.15) is 0 Å². The summed E-state index contributed by atoms with van der Waals surface area (Å²) in [5, 5.41) is 8.42. The van der Waals surface area contributed by atoms with Gasteiger partial charge in [0.05, 0.1) is 5.75 Å². The molecule has 0 aromatic rings. The van der Waals surface area contributed by atoms with E-state index in [0.29, 0.717) is 6.42 Å². The van der Waals surface area contributed by atoms with Gasteiger partial charge in [-0.15, -0.1) is 0 Å². The number of carbonyl (C=O) groups is 1. The van der Waals surface area contributed by atoms with Gasteiger partial charge in [0, 0.05) is 17.1 Å². The van der Waals surface area contributed by atoms with Gasteiger partial charge in [0.25, 0.3) is 0 Å². The molecule has 0 aromatic heterocycles. The Hall–Kier alpha value is -0.290. The number of carboxylic acids is 1. The van der Waals surface area contributed by atoms with Crippen LogP contribution in [0.2, 0.25) is 0 Å². The summed E-state index contributed by atoms with van der Waals surface area (Å²) in [7, 11) is 1.76. The van der Waals surface area contributed by atoms with Gasteiger partial charge < -0.3 is 5.11 Å². The molecule has 0 aliphatic heterocycles. The summed E-state index contributed by atoms with van der Waals surface area (Å²) in [6.45, 7) is 0. The van der Waals surface area contributed by atoms with Crippen LogP contribution in [0.15, 0.2) is 0 Å². The van der Waals surface area contributed by atoms with E-state index in [0.717, 1.165) is 44.9 Å². The van der Waals surface area contributed by atoms with Gasteiger partial charge in [0.15, 0.2) is 0 Å². The fourth-order valence-corrected chi connectivity index (χ4v) is 2.49. The molecule has 0 atom stereocenters. The van der Waals surface area contributed by atoms with Crippen molar-refractivity contribution in [1.82, 2.24) is 0 Å². The first-order valence-electron chi connectivity index (χ1n) is 6.06. The predicted molar refractivity (Wildman–Crippen MR) is 68.8 cm³/mol. The second kappa shape index (κ2) is 9.71. The second-order valence-electron chi connectivity index (χ2n) is 4.22. The van der Waals surface area contributed by atoms with Gasteiger partial charge in [0.2, 0.25) is 9.05 Å². The third kappa shape index (κ3) is 15.7. The normalized spacial score (nSPS) is 11.6. The maximum absolute atomic E-state index is 10.6. The van der Waals surface area contributed by atoms with Crippen molar-refractivity contribution in [1.29, 1.82) is 0 Å². The molecule has 0 aliphatic rings. The highest BCUT2D eigenvalue weighted by Gasteiger charge is 2.03. The minimum absolute atomic E-state index is 0.0627. The van der Waals surface area contributed by atoms with E-state index in [9.17, 15) is 13.2 Å². The zero-order chi connectivity index (χ0) is 13.1. The molecule has 0 fully saturated rings. The van der Waals surface area contributed by atoms with Gasteiger partial charge >= 0.3 is 5.97 Å². The molecule has 0 aromatic carbocycles. The molecule has 4 nitrogen and oxygen atoms in total. The molecule has 0 radical (unpaired) electrons. The molecule has 0 heterocycles. The molecule has 0 saturated carbocycles. The van der Waals surface area contributed by atoms with Crippen LogP contribution in [0.5, 0.6) is 0 Å². The summed E-state index contributed by atoms with van der Waals surface area (Å²) in [5.41, 5.74) is 0. The Labute approximate surface area is 108 Å². The Morgan fingerprint density at radius 1 is 0.882 bits per heavy atom. The lowest BCUT2D eigenvalue weighted by Crippen LogP contribution is -1.96. The maximum Gasteiger partial charge on any atom is 0.303 e. The molecule has 0 saturated heterocycles. The van der Waals surface area contributed by atoms with E-state index >= 15 is 0 Å². The van der Waals surface area contributed by atoms with E-state index in [2.05, 4.69) is 0 Å². The van der Waals surface area contributed by atoms with E-state index in [1.165, 1.54) is 0 Å². The van der Waals surface area contributed by atoms with Crippen molar-refractivity contribution in [3.63, 3.8) is 0 Å². The zero-order valence-corrected chi connectivity index (χ0v) is 11.6. The molecule has 102 valence electrons. The summed E-state index contributed by atoms with van der Waals surface area (Å²) in [6, 6.07) is 0. The highest BCUT2D eigenvalue weighted by atomic mass is 35.7. The summed E-state index contributed by atoms with van der Waals surface area (Å²) in [6.07, 6.45) is 7.73. The number of halogens is 1. The fraction of sp³-hybridized carbons (Fsp3) is 0.909. The van der Waals surface area contributed by atoms with E-state index in [1.807, 2.05) is 0 Å². The van der Waals surface area contributed by atoms with Crippen LogP contribution in [-0.4, -0.2) is 25.2 Å². The van der Waals surface area contributed by atoms with Crippen LogP contribution in [0.3, 0.4) is 0 Å². The first-order chi connectivity index (χ1) is 7.92. The fourth-order valence-electron chi connectivity index (χ4n) is 1.61. The van der Waals surface area contributed by atoms with Gasteiger partial charge in [-0.1, -0.05) is 38.5 Å². The van der Waals surface area contributed by atoms with Gasteiger partial charge in [-0.3, -0.25) is 4.79 Å². The largest absolute Gasteiger partial charge is 0.481 e. The Bertz CT molecular complexity index is 301. The monoisotopic (exact) mass is 284 g/mol. The predicted octanol–water partition coefficient (Wildman–Crippen LogP) is 3.15.